The molecule has 0 bridgehead atoms. The Morgan fingerprint density at radius 3 is 2.77 bits per heavy atom. The summed E-state index contributed by atoms with van der Waals surface area (Å²) in [5.74, 6) is 0. The number of hydrogen-bond donors (Lipinski definition) is 2. The summed E-state index contributed by atoms with van der Waals surface area (Å²) < 4.78 is 26.5. The van der Waals surface area contributed by atoms with Gasteiger partial charge < -0.3 is 5.32 Å². The van der Waals surface area contributed by atoms with Gasteiger partial charge in [-0.25, -0.2) is 8.42 Å². The van der Waals surface area contributed by atoms with Crippen molar-refractivity contribution in [2.24, 2.45) is 0 Å². The van der Waals surface area contributed by atoms with Crippen molar-refractivity contribution in [2.45, 2.75) is 6.54 Å². The highest BCUT2D eigenvalue weighted by Gasteiger charge is 2.08. The van der Waals surface area contributed by atoms with Crippen LogP contribution in [0.2, 0.25) is 0 Å². The van der Waals surface area contributed by atoms with Crippen molar-refractivity contribution in [3.05, 3.63) is 53.5 Å². The van der Waals surface area contributed by atoms with Crippen LogP contribution in [-0.2, 0) is 16.6 Å². The molecule has 0 aliphatic carbocycles. The number of nitrogens with one attached hydrogen (secondary N) is 2. The molecule has 0 saturated heterocycles. The van der Waals surface area contributed by atoms with Gasteiger partial charge in [-0.2, -0.15) is 0 Å². The highest BCUT2D eigenvalue weighted by atomic mass is 32.2. The molecule has 1 aromatic carbocycles. The minimum atomic E-state index is -3.29. The Bertz CT molecular complexity index is 904. The van der Waals surface area contributed by atoms with Crippen molar-refractivity contribution >= 4 is 43.0 Å². The van der Waals surface area contributed by atoms with E-state index in [0.717, 1.165) is 27.7 Å². The molecular weight excluding hydrogens is 318 g/mol. The number of anilines is 2. The summed E-state index contributed by atoms with van der Waals surface area (Å²) in [6, 6.07) is 11.2. The first-order valence-corrected chi connectivity index (χ1v) is 9.42. The molecule has 114 valence electrons. The zero-order valence-corrected chi connectivity index (χ0v) is 13.5. The Balaban J connectivity index is 1.84. The number of thiophene rings is 1. The number of sulfonamides is 1. The van der Waals surface area contributed by atoms with E-state index in [2.05, 4.69) is 15.0 Å². The van der Waals surface area contributed by atoms with E-state index < -0.39 is 10.0 Å². The second-order valence-corrected chi connectivity index (χ2v) is 7.54. The SMILES string of the molecule is CS(=O)(=O)Nc1ccccc1CNc1ccnc2ccsc12. The van der Waals surface area contributed by atoms with Crippen LogP contribution in [0.4, 0.5) is 11.4 Å². The van der Waals surface area contributed by atoms with Gasteiger partial charge in [0.15, 0.2) is 0 Å². The normalized spacial score (nSPS) is 11.5. The molecule has 0 aliphatic heterocycles. The lowest BCUT2D eigenvalue weighted by Crippen LogP contribution is -2.12. The van der Waals surface area contributed by atoms with Crippen LogP contribution < -0.4 is 10.0 Å². The number of nitrogens with zero attached hydrogens (tertiary/aromatic N) is 1. The first-order valence-electron chi connectivity index (χ1n) is 6.65. The van der Waals surface area contributed by atoms with Gasteiger partial charge in [-0.1, -0.05) is 18.2 Å². The van der Waals surface area contributed by atoms with Gasteiger partial charge in [0.05, 0.1) is 27.8 Å². The predicted octanol–water partition coefficient (Wildman–Crippen LogP) is 3.28. The quantitative estimate of drug-likeness (QED) is 0.752. The molecule has 0 unspecified atom stereocenters. The predicted molar refractivity (Wildman–Crippen MR) is 91.9 cm³/mol. The topological polar surface area (TPSA) is 71.1 Å². The second kappa shape index (κ2) is 5.94. The van der Waals surface area contributed by atoms with Crippen molar-refractivity contribution in [2.75, 3.05) is 16.3 Å². The Morgan fingerprint density at radius 1 is 1.14 bits per heavy atom. The molecule has 0 saturated carbocycles. The Labute approximate surface area is 133 Å². The van der Waals surface area contributed by atoms with Gasteiger partial charge >= 0.3 is 0 Å². The number of rotatable bonds is 5. The van der Waals surface area contributed by atoms with Crippen molar-refractivity contribution in [3.8, 4) is 0 Å². The fourth-order valence-electron chi connectivity index (χ4n) is 2.18. The van der Waals surface area contributed by atoms with E-state index in [1.54, 1.807) is 29.7 Å². The molecule has 5 nitrogen and oxygen atoms in total. The summed E-state index contributed by atoms with van der Waals surface area (Å²) in [6.45, 7) is 0.524. The smallest absolute Gasteiger partial charge is 0.229 e. The van der Waals surface area contributed by atoms with Crippen LogP contribution in [0.3, 0.4) is 0 Å². The van der Waals surface area contributed by atoms with Gasteiger partial charge in [-0.15, -0.1) is 11.3 Å². The van der Waals surface area contributed by atoms with E-state index in [1.165, 1.54) is 0 Å². The van der Waals surface area contributed by atoms with Gasteiger partial charge in [-0.05, 0) is 29.1 Å². The number of aromatic nitrogens is 1. The number of pyridine rings is 1. The third-order valence-corrected chi connectivity index (χ3v) is 4.65. The molecule has 0 amide bonds. The zero-order chi connectivity index (χ0) is 15.6. The molecule has 7 heteroatoms. The van der Waals surface area contributed by atoms with Gasteiger partial charge in [0.2, 0.25) is 10.0 Å². The first kappa shape index (κ1) is 14.8. The van der Waals surface area contributed by atoms with E-state index in [-0.39, 0.29) is 0 Å². The molecule has 3 aromatic rings. The molecule has 2 N–H and O–H groups in total. The zero-order valence-electron chi connectivity index (χ0n) is 11.9. The molecule has 2 aromatic heterocycles. The third-order valence-electron chi connectivity index (χ3n) is 3.13. The van der Waals surface area contributed by atoms with Gasteiger partial charge in [0.25, 0.3) is 0 Å². The summed E-state index contributed by atoms with van der Waals surface area (Å²) in [7, 11) is -3.29. The molecule has 0 fully saturated rings. The average Bonchev–Trinajstić information content (AvgIpc) is 2.93. The van der Waals surface area contributed by atoms with E-state index >= 15 is 0 Å². The van der Waals surface area contributed by atoms with Crippen LogP contribution in [0.1, 0.15) is 5.56 Å². The molecule has 0 atom stereocenters. The van der Waals surface area contributed by atoms with Crippen LogP contribution in [0.5, 0.6) is 0 Å². The minimum Gasteiger partial charge on any atom is -0.380 e. The van der Waals surface area contributed by atoms with Crippen molar-refractivity contribution < 1.29 is 8.42 Å². The van der Waals surface area contributed by atoms with E-state index in [9.17, 15) is 8.42 Å². The van der Waals surface area contributed by atoms with Gasteiger partial charge in [0.1, 0.15) is 0 Å². The lowest BCUT2D eigenvalue weighted by Gasteiger charge is -2.12. The van der Waals surface area contributed by atoms with Crippen LogP contribution in [0.25, 0.3) is 10.2 Å². The Morgan fingerprint density at radius 2 is 1.95 bits per heavy atom. The standard InChI is InChI=1S/C15H15N3O2S2/c1-22(19,20)18-12-5-3-2-4-11(12)10-17-13-6-8-16-14-7-9-21-15(13)14/h2-9,18H,10H2,1H3,(H,16,17). The second-order valence-electron chi connectivity index (χ2n) is 4.88. The molecular formula is C15H15N3O2S2. The van der Waals surface area contributed by atoms with Crippen LogP contribution in [0, 0.1) is 0 Å². The maximum Gasteiger partial charge on any atom is 0.229 e. The highest BCUT2D eigenvalue weighted by molar-refractivity contribution is 7.92. The highest BCUT2D eigenvalue weighted by Crippen LogP contribution is 2.27. The summed E-state index contributed by atoms with van der Waals surface area (Å²) in [6.07, 6.45) is 2.91. The Hall–Kier alpha value is -2.12. The molecule has 3 rings (SSSR count). The van der Waals surface area contributed by atoms with Crippen molar-refractivity contribution in [1.82, 2.24) is 4.98 Å². The van der Waals surface area contributed by atoms with Crippen LogP contribution in [-0.4, -0.2) is 19.7 Å². The Kier molecular flexibility index (Phi) is 4.00. The molecule has 0 radical (unpaired) electrons. The van der Waals surface area contributed by atoms with Crippen molar-refractivity contribution in [3.63, 3.8) is 0 Å². The summed E-state index contributed by atoms with van der Waals surface area (Å²) >= 11 is 1.63. The lowest BCUT2D eigenvalue weighted by atomic mass is 10.2. The average molecular weight is 333 g/mol. The maximum atomic E-state index is 11.4. The van der Waals surface area contributed by atoms with Crippen LogP contribution >= 0.6 is 11.3 Å². The number of hydrogen-bond acceptors (Lipinski definition) is 5. The molecule has 2 heterocycles. The number of benzene rings is 1. The lowest BCUT2D eigenvalue weighted by molar-refractivity contribution is 0.606. The van der Waals surface area contributed by atoms with Crippen LogP contribution in [0.15, 0.2) is 48.0 Å². The molecule has 0 aliphatic rings. The van der Waals surface area contributed by atoms with E-state index in [4.69, 9.17) is 0 Å². The summed E-state index contributed by atoms with van der Waals surface area (Å²) in [5, 5.41) is 5.35. The van der Waals surface area contributed by atoms with Gasteiger partial charge in [-0.3, -0.25) is 9.71 Å². The third kappa shape index (κ3) is 3.37. The maximum absolute atomic E-state index is 11.4. The largest absolute Gasteiger partial charge is 0.380 e. The van der Waals surface area contributed by atoms with E-state index in [0.29, 0.717) is 12.2 Å². The monoisotopic (exact) mass is 333 g/mol. The summed E-state index contributed by atoms with van der Waals surface area (Å²) in [4.78, 5) is 4.30. The first-order chi connectivity index (χ1) is 10.5. The minimum absolute atomic E-state index is 0.524. The molecule has 22 heavy (non-hydrogen) atoms. The number of fused-ring (bicyclic) bond motifs is 1. The van der Waals surface area contributed by atoms with Crippen molar-refractivity contribution in [1.29, 1.82) is 0 Å². The fraction of sp³-hybridized carbons (Fsp3) is 0.133. The fourth-order valence-corrected chi connectivity index (χ4v) is 3.62. The van der Waals surface area contributed by atoms with Gasteiger partial charge in [0, 0.05) is 12.7 Å². The molecule has 0 spiro atoms. The number of para-hydroxylation sites is 1. The van der Waals surface area contributed by atoms with E-state index in [1.807, 2.05) is 29.6 Å². The summed E-state index contributed by atoms with van der Waals surface area (Å²) in [5.41, 5.74) is 3.43.